The molecule has 0 bridgehead atoms. The van der Waals surface area contributed by atoms with Crippen LogP contribution < -0.4 is 14.8 Å². The van der Waals surface area contributed by atoms with Gasteiger partial charge >= 0.3 is 0 Å². The molecule has 6 heteroatoms. The molecule has 2 atom stereocenters. The summed E-state index contributed by atoms with van der Waals surface area (Å²) in [5, 5.41) is 12.6. The number of ether oxygens (including phenoxy) is 2. The molecule has 1 N–H and O–H groups in total. The van der Waals surface area contributed by atoms with Gasteiger partial charge in [0.05, 0.1) is 6.61 Å². The van der Waals surface area contributed by atoms with Crippen LogP contribution in [0.25, 0.3) is 6.08 Å². The lowest BCUT2D eigenvalue weighted by Gasteiger charge is -2.29. The van der Waals surface area contributed by atoms with Crippen molar-refractivity contribution < 1.29 is 18.7 Å². The van der Waals surface area contributed by atoms with Crippen molar-refractivity contribution in [1.82, 2.24) is 5.32 Å². The first-order valence-corrected chi connectivity index (χ1v) is 11.1. The van der Waals surface area contributed by atoms with E-state index >= 15 is 0 Å². The molecule has 1 aliphatic carbocycles. The topological polar surface area (TPSA) is 71.3 Å². The molecule has 1 fully saturated rings. The van der Waals surface area contributed by atoms with Crippen LogP contribution in [0.15, 0.2) is 48.0 Å². The van der Waals surface area contributed by atoms with E-state index in [9.17, 15) is 14.4 Å². The van der Waals surface area contributed by atoms with Crippen molar-refractivity contribution in [1.29, 1.82) is 5.26 Å². The highest BCUT2D eigenvalue weighted by Gasteiger charge is 2.24. The zero-order chi connectivity index (χ0) is 22.9. The summed E-state index contributed by atoms with van der Waals surface area (Å²) in [7, 11) is 0. The fourth-order valence-corrected chi connectivity index (χ4v) is 3.88. The molecule has 32 heavy (non-hydrogen) atoms. The zero-order valence-corrected chi connectivity index (χ0v) is 18.6. The van der Waals surface area contributed by atoms with Crippen LogP contribution in [-0.2, 0) is 11.4 Å². The van der Waals surface area contributed by atoms with Crippen molar-refractivity contribution in [2.24, 2.45) is 5.92 Å². The Bertz CT molecular complexity index is 1010. The quantitative estimate of drug-likeness (QED) is 0.444. The van der Waals surface area contributed by atoms with Gasteiger partial charge in [0.2, 0.25) is 0 Å². The van der Waals surface area contributed by atoms with Crippen LogP contribution in [0.3, 0.4) is 0 Å². The smallest absolute Gasteiger partial charge is 0.262 e. The highest BCUT2D eigenvalue weighted by atomic mass is 19.1. The maximum absolute atomic E-state index is 13.4. The number of amides is 1. The van der Waals surface area contributed by atoms with E-state index in [-0.39, 0.29) is 29.9 Å². The van der Waals surface area contributed by atoms with E-state index in [4.69, 9.17) is 9.47 Å². The molecule has 0 unspecified atom stereocenters. The number of benzene rings is 2. The lowest BCUT2D eigenvalue weighted by molar-refractivity contribution is -0.118. The Morgan fingerprint density at radius 3 is 2.72 bits per heavy atom. The normalized spacial score (nSPS) is 18.5. The molecule has 0 heterocycles. The lowest BCUT2D eigenvalue weighted by atomic mass is 9.86. The van der Waals surface area contributed by atoms with Gasteiger partial charge in [-0.1, -0.05) is 38.0 Å². The predicted molar refractivity (Wildman–Crippen MR) is 121 cm³/mol. The van der Waals surface area contributed by atoms with Crippen molar-refractivity contribution in [3.05, 3.63) is 65.0 Å². The Balaban J connectivity index is 1.74. The summed E-state index contributed by atoms with van der Waals surface area (Å²) in [6, 6.07) is 13.6. The summed E-state index contributed by atoms with van der Waals surface area (Å²) in [5.74, 6) is 0.743. The monoisotopic (exact) mass is 436 g/mol. The molecule has 2 aromatic rings. The third kappa shape index (κ3) is 6.34. The summed E-state index contributed by atoms with van der Waals surface area (Å²) in [4.78, 5) is 12.7. The number of nitrogens with zero attached hydrogens (tertiary/aromatic N) is 1. The van der Waals surface area contributed by atoms with Gasteiger partial charge in [0, 0.05) is 6.04 Å². The standard InChI is InChI=1S/C26H29FN2O3/c1-3-31-25-15-19(11-12-24(25)32-17-20-8-6-9-22(27)14-20)13-21(16-28)26(30)29-23-10-5-4-7-18(23)2/h6,8-9,11-15,18,23H,3-5,7,10,17H2,1-2H3,(H,29,30)/b21-13+/t18-,23+/m0/s1. The van der Waals surface area contributed by atoms with Gasteiger partial charge < -0.3 is 14.8 Å². The Morgan fingerprint density at radius 1 is 1.19 bits per heavy atom. The van der Waals surface area contributed by atoms with E-state index in [2.05, 4.69) is 12.2 Å². The van der Waals surface area contributed by atoms with Crippen molar-refractivity contribution in [2.45, 2.75) is 52.2 Å². The molecule has 0 aromatic heterocycles. The molecular formula is C26H29FN2O3. The summed E-state index contributed by atoms with van der Waals surface area (Å²) in [6.45, 7) is 4.61. The van der Waals surface area contributed by atoms with Crippen molar-refractivity contribution >= 4 is 12.0 Å². The highest BCUT2D eigenvalue weighted by Crippen LogP contribution is 2.30. The molecule has 0 spiro atoms. The Hall–Kier alpha value is -3.33. The average Bonchev–Trinajstić information content (AvgIpc) is 2.78. The van der Waals surface area contributed by atoms with Crippen LogP contribution in [-0.4, -0.2) is 18.6 Å². The van der Waals surface area contributed by atoms with E-state index in [1.807, 2.05) is 13.0 Å². The van der Waals surface area contributed by atoms with Gasteiger partial charge in [-0.15, -0.1) is 0 Å². The number of hydrogen-bond acceptors (Lipinski definition) is 4. The number of nitriles is 1. The first-order chi connectivity index (χ1) is 15.5. The predicted octanol–water partition coefficient (Wildman–Crippen LogP) is 5.41. The Kier molecular flexibility index (Phi) is 8.27. The average molecular weight is 437 g/mol. The van der Waals surface area contributed by atoms with Gasteiger partial charge in [0.25, 0.3) is 5.91 Å². The molecule has 2 aromatic carbocycles. The van der Waals surface area contributed by atoms with E-state index in [0.29, 0.717) is 35.2 Å². The second-order valence-electron chi connectivity index (χ2n) is 8.07. The first kappa shape index (κ1) is 23.3. The van der Waals surface area contributed by atoms with Gasteiger partial charge in [-0.2, -0.15) is 5.26 Å². The molecule has 0 aliphatic heterocycles. The maximum Gasteiger partial charge on any atom is 0.262 e. The second-order valence-corrected chi connectivity index (χ2v) is 8.07. The van der Waals surface area contributed by atoms with Gasteiger partial charge in [-0.25, -0.2) is 4.39 Å². The third-order valence-electron chi connectivity index (χ3n) is 5.66. The minimum absolute atomic E-state index is 0.0543. The summed E-state index contributed by atoms with van der Waals surface area (Å²) >= 11 is 0. The largest absolute Gasteiger partial charge is 0.490 e. The van der Waals surface area contributed by atoms with E-state index in [1.54, 1.807) is 36.4 Å². The Morgan fingerprint density at radius 2 is 2.00 bits per heavy atom. The molecule has 5 nitrogen and oxygen atoms in total. The van der Waals surface area contributed by atoms with Crippen LogP contribution in [0.1, 0.15) is 50.7 Å². The van der Waals surface area contributed by atoms with Crippen molar-refractivity contribution in [3.63, 3.8) is 0 Å². The Labute approximate surface area is 188 Å². The fraction of sp³-hybridized carbons (Fsp3) is 0.385. The first-order valence-electron chi connectivity index (χ1n) is 11.1. The minimum Gasteiger partial charge on any atom is -0.490 e. The highest BCUT2D eigenvalue weighted by molar-refractivity contribution is 6.01. The van der Waals surface area contributed by atoms with E-state index < -0.39 is 0 Å². The molecule has 0 saturated heterocycles. The van der Waals surface area contributed by atoms with Crippen molar-refractivity contribution in [3.8, 4) is 17.6 Å². The van der Waals surface area contributed by atoms with Crippen molar-refractivity contribution in [2.75, 3.05) is 6.61 Å². The number of carbonyl (C=O) groups excluding carboxylic acids is 1. The number of carbonyl (C=O) groups is 1. The molecule has 168 valence electrons. The van der Waals surface area contributed by atoms with Crippen LogP contribution >= 0.6 is 0 Å². The van der Waals surface area contributed by atoms with Crippen LogP contribution in [0.4, 0.5) is 4.39 Å². The zero-order valence-electron chi connectivity index (χ0n) is 18.6. The summed E-state index contributed by atoms with van der Waals surface area (Å²) in [5.41, 5.74) is 1.42. The molecule has 0 radical (unpaired) electrons. The van der Waals surface area contributed by atoms with Gasteiger partial charge in [0.15, 0.2) is 11.5 Å². The molecular weight excluding hydrogens is 407 g/mol. The van der Waals surface area contributed by atoms with Gasteiger partial charge in [-0.3, -0.25) is 4.79 Å². The van der Waals surface area contributed by atoms with Crippen LogP contribution in [0, 0.1) is 23.1 Å². The number of hydrogen-bond donors (Lipinski definition) is 1. The van der Waals surface area contributed by atoms with E-state index in [0.717, 1.165) is 19.3 Å². The molecule has 1 saturated carbocycles. The second kappa shape index (κ2) is 11.3. The number of rotatable bonds is 8. The lowest BCUT2D eigenvalue weighted by Crippen LogP contribution is -2.41. The molecule has 3 rings (SSSR count). The summed E-state index contributed by atoms with van der Waals surface area (Å²) in [6.07, 6.45) is 5.86. The van der Waals surface area contributed by atoms with E-state index in [1.165, 1.54) is 18.6 Å². The van der Waals surface area contributed by atoms with Gasteiger partial charge in [0.1, 0.15) is 24.1 Å². The molecule has 1 aliphatic rings. The fourth-order valence-electron chi connectivity index (χ4n) is 3.88. The SMILES string of the molecule is CCOc1cc(/C=C(\C#N)C(=O)N[C@@H]2CCCC[C@@H]2C)ccc1OCc1cccc(F)c1. The molecule has 1 amide bonds. The summed E-state index contributed by atoms with van der Waals surface area (Å²) < 4.78 is 24.9. The number of halogens is 1. The van der Waals surface area contributed by atoms with Crippen LogP contribution in [0.2, 0.25) is 0 Å². The third-order valence-corrected chi connectivity index (χ3v) is 5.66. The minimum atomic E-state index is -0.351. The van der Waals surface area contributed by atoms with Crippen LogP contribution in [0.5, 0.6) is 11.5 Å². The van der Waals surface area contributed by atoms with Gasteiger partial charge in [-0.05, 0) is 67.2 Å². The number of nitrogens with one attached hydrogen (secondary N) is 1. The maximum atomic E-state index is 13.4.